The van der Waals surface area contributed by atoms with Gasteiger partial charge < -0.3 is 9.84 Å². The molecular weight excluding hydrogens is 144 g/mol. The topological polar surface area (TPSA) is 32.8 Å². The van der Waals surface area contributed by atoms with Crippen molar-refractivity contribution in [3.05, 3.63) is 0 Å². The van der Waals surface area contributed by atoms with E-state index in [1.54, 1.807) is 0 Å². The Hall–Kier alpha value is 0.137. The summed E-state index contributed by atoms with van der Waals surface area (Å²) in [7, 11) is -1.21. The lowest BCUT2D eigenvalue weighted by Gasteiger charge is -2.21. The van der Waals surface area contributed by atoms with Crippen LogP contribution in [-0.4, -0.2) is 31.1 Å². The molecule has 0 spiro atoms. The van der Waals surface area contributed by atoms with E-state index in [2.05, 4.69) is 26.6 Å². The standard InChI is InChI=1S/C7H16O2Si/c1-7(10(2,3)4)6(5-8)9-7/h6,8H,5H2,1-4H3/t6-,7-/m1/s1. The van der Waals surface area contributed by atoms with Crippen LogP contribution in [0, 0.1) is 0 Å². The number of aliphatic hydroxyl groups is 1. The van der Waals surface area contributed by atoms with Crippen LogP contribution >= 0.6 is 0 Å². The molecule has 2 atom stereocenters. The summed E-state index contributed by atoms with van der Waals surface area (Å²) in [5, 5.41) is 8.85. The Morgan fingerprint density at radius 2 is 2.00 bits per heavy atom. The highest BCUT2D eigenvalue weighted by Crippen LogP contribution is 2.43. The quantitative estimate of drug-likeness (QED) is 0.483. The molecule has 1 heterocycles. The van der Waals surface area contributed by atoms with Gasteiger partial charge in [-0.25, -0.2) is 0 Å². The van der Waals surface area contributed by atoms with E-state index >= 15 is 0 Å². The number of hydrogen-bond acceptors (Lipinski definition) is 2. The first-order chi connectivity index (χ1) is 4.42. The third-order valence-corrected chi connectivity index (χ3v) is 6.02. The summed E-state index contributed by atoms with van der Waals surface area (Å²) in [6.45, 7) is 9.09. The van der Waals surface area contributed by atoms with Crippen molar-refractivity contribution in [1.29, 1.82) is 0 Å². The van der Waals surface area contributed by atoms with Crippen LogP contribution in [0.5, 0.6) is 0 Å². The van der Waals surface area contributed by atoms with E-state index in [0.717, 1.165) is 0 Å². The van der Waals surface area contributed by atoms with Gasteiger partial charge in [-0.2, -0.15) is 0 Å². The van der Waals surface area contributed by atoms with Gasteiger partial charge in [0.05, 0.1) is 19.9 Å². The van der Waals surface area contributed by atoms with Crippen molar-refractivity contribution in [3.8, 4) is 0 Å². The average molecular weight is 160 g/mol. The Morgan fingerprint density at radius 1 is 1.50 bits per heavy atom. The summed E-state index contributed by atoms with van der Waals surface area (Å²) in [5.74, 6) is 0. The summed E-state index contributed by atoms with van der Waals surface area (Å²) in [4.78, 5) is 0. The van der Waals surface area contributed by atoms with Crippen LogP contribution in [0.2, 0.25) is 19.6 Å². The van der Waals surface area contributed by atoms with E-state index in [1.165, 1.54) is 0 Å². The Bertz CT molecular complexity index is 141. The minimum absolute atomic E-state index is 0.0434. The predicted octanol–water partition coefficient (Wildman–Crippen LogP) is 1.01. The van der Waals surface area contributed by atoms with E-state index in [9.17, 15) is 0 Å². The lowest BCUT2D eigenvalue weighted by Crippen LogP contribution is -2.41. The minimum Gasteiger partial charge on any atom is -0.394 e. The molecule has 1 aliphatic heterocycles. The van der Waals surface area contributed by atoms with Crippen LogP contribution < -0.4 is 0 Å². The SMILES string of the molecule is C[C@]1([Si](C)(C)C)O[C@@H]1CO. The van der Waals surface area contributed by atoms with Gasteiger partial charge in [0.1, 0.15) is 6.10 Å². The van der Waals surface area contributed by atoms with Crippen molar-refractivity contribution < 1.29 is 9.84 Å². The highest BCUT2D eigenvalue weighted by molar-refractivity contribution is 6.79. The van der Waals surface area contributed by atoms with Crippen molar-refractivity contribution in [2.75, 3.05) is 6.61 Å². The van der Waals surface area contributed by atoms with Gasteiger partial charge in [0.25, 0.3) is 0 Å². The van der Waals surface area contributed by atoms with Gasteiger partial charge in [0, 0.05) is 0 Å². The largest absolute Gasteiger partial charge is 0.394 e. The molecule has 1 rings (SSSR count). The zero-order chi connectivity index (χ0) is 7.99. The van der Waals surface area contributed by atoms with E-state index in [4.69, 9.17) is 9.84 Å². The Kier molecular flexibility index (Phi) is 1.70. The van der Waals surface area contributed by atoms with E-state index in [0.29, 0.717) is 0 Å². The molecule has 10 heavy (non-hydrogen) atoms. The van der Waals surface area contributed by atoms with Crippen molar-refractivity contribution in [2.45, 2.75) is 37.9 Å². The molecule has 0 unspecified atom stereocenters. The second-order valence-corrected chi connectivity index (χ2v) is 9.64. The van der Waals surface area contributed by atoms with Crippen LogP contribution in [-0.2, 0) is 4.74 Å². The van der Waals surface area contributed by atoms with Crippen LogP contribution in [0.3, 0.4) is 0 Å². The Morgan fingerprint density at radius 3 is 2.10 bits per heavy atom. The van der Waals surface area contributed by atoms with Gasteiger partial charge in [-0.05, 0) is 6.92 Å². The second-order valence-electron chi connectivity index (χ2n) is 4.15. The smallest absolute Gasteiger partial charge is 0.107 e. The highest BCUT2D eigenvalue weighted by atomic mass is 28.3. The summed E-state index contributed by atoms with van der Waals surface area (Å²) in [5.41, 5.74) is 0. The van der Waals surface area contributed by atoms with Crippen molar-refractivity contribution in [1.82, 2.24) is 0 Å². The molecule has 0 aromatic heterocycles. The van der Waals surface area contributed by atoms with Crippen LogP contribution in [0.1, 0.15) is 6.92 Å². The van der Waals surface area contributed by atoms with Crippen molar-refractivity contribution in [3.63, 3.8) is 0 Å². The normalized spacial score (nSPS) is 39.9. The molecule has 0 aromatic rings. The minimum atomic E-state index is -1.21. The number of rotatable bonds is 2. The van der Waals surface area contributed by atoms with Gasteiger partial charge >= 0.3 is 0 Å². The first-order valence-electron chi connectivity index (χ1n) is 3.70. The number of hydrogen-bond donors (Lipinski definition) is 1. The van der Waals surface area contributed by atoms with E-state index < -0.39 is 8.07 Å². The number of aliphatic hydroxyl groups excluding tert-OH is 1. The summed E-state index contributed by atoms with van der Waals surface area (Å²) in [6.07, 6.45) is 0.124. The average Bonchev–Trinajstić information content (AvgIpc) is 2.41. The lowest BCUT2D eigenvalue weighted by molar-refractivity contribution is 0.241. The van der Waals surface area contributed by atoms with Crippen molar-refractivity contribution in [2.24, 2.45) is 0 Å². The molecule has 0 amide bonds. The fourth-order valence-corrected chi connectivity index (χ4v) is 2.69. The monoisotopic (exact) mass is 160 g/mol. The molecule has 0 bridgehead atoms. The molecule has 0 saturated carbocycles. The third kappa shape index (κ3) is 1.02. The summed E-state index contributed by atoms with van der Waals surface area (Å²) < 4.78 is 5.43. The molecule has 1 saturated heterocycles. The maximum atomic E-state index is 8.80. The fourth-order valence-electron chi connectivity index (χ4n) is 1.13. The zero-order valence-electron chi connectivity index (χ0n) is 7.14. The molecule has 0 aromatic carbocycles. The predicted molar refractivity (Wildman–Crippen MR) is 43.7 cm³/mol. The van der Waals surface area contributed by atoms with Crippen LogP contribution in [0.25, 0.3) is 0 Å². The molecule has 1 fully saturated rings. The van der Waals surface area contributed by atoms with Gasteiger partial charge in [-0.1, -0.05) is 19.6 Å². The number of epoxide rings is 1. The molecule has 0 radical (unpaired) electrons. The van der Waals surface area contributed by atoms with E-state index in [-0.39, 0.29) is 17.9 Å². The van der Waals surface area contributed by atoms with Gasteiger partial charge in [-0.3, -0.25) is 0 Å². The zero-order valence-corrected chi connectivity index (χ0v) is 8.14. The molecule has 2 nitrogen and oxygen atoms in total. The number of ether oxygens (including phenoxy) is 1. The first-order valence-corrected chi connectivity index (χ1v) is 7.20. The lowest BCUT2D eigenvalue weighted by atomic mass is 10.3. The molecular formula is C7H16O2Si. The molecule has 0 aliphatic carbocycles. The Labute approximate surface area is 63.2 Å². The Balaban J connectivity index is 2.59. The maximum absolute atomic E-state index is 8.80. The van der Waals surface area contributed by atoms with Crippen molar-refractivity contribution >= 4 is 8.07 Å². The maximum Gasteiger partial charge on any atom is 0.107 e. The third-order valence-electron chi connectivity index (χ3n) is 2.60. The second kappa shape index (κ2) is 2.06. The van der Waals surface area contributed by atoms with Gasteiger partial charge in [-0.15, -0.1) is 0 Å². The van der Waals surface area contributed by atoms with Gasteiger partial charge in [0.15, 0.2) is 0 Å². The summed E-state index contributed by atoms with van der Waals surface area (Å²) >= 11 is 0. The van der Waals surface area contributed by atoms with E-state index in [1.807, 2.05) is 0 Å². The van der Waals surface area contributed by atoms with Gasteiger partial charge in [0.2, 0.25) is 0 Å². The molecule has 1 N–H and O–H groups in total. The highest BCUT2D eigenvalue weighted by Gasteiger charge is 2.59. The molecule has 60 valence electrons. The molecule has 1 aliphatic rings. The molecule has 3 heteroatoms. The van der Waals surface area contributed by atoms with Crippen LogP contribution in [0.15, 0.2) is 0 Å². The fraction of sp³-hybridized carbons (Fsp3) is 1.00. The first kappa shape index (κ1) is 8.24. The van der Waals surface area contributed by atoms with Crippen LogP contribution in [0.4, 0.5) is 0 Å². The summed E-state index contributed by atoms with van der Waals surface area (Å²) in [6, 6.07) is 0.